The first kappa shape index (κ1) is 13.8. The molecule has 20 heavy (non-hydrogen) atoms. The van der Waals surface area contributed by atoms with E-state index >= 15 is 0 Å². The molecule has 0 aliphatic rings. The number of carbonyl (C=O) groups is 3. The van der Waals surface area contributed by atoms with Gasteiger partial charge in [-0.3, -0.25) is 14.4 Å². The molecule has 0 aliphatic heterocycles. The fraction of sp³-hybridized carbons (Fsp3) is 0.0625. The molecule has 0 radical (unpaired) electrons. The van der Waals surface area contributed by atoms with Gasteiger partial charge in [-0.2, -0.15) is 4.39 Å². The Bertz CT molecular complexity index is 584. The van der Waals surface area contributed by atoms with Crippen molar-refractivity contribution >= 4 is 17.6 Å². The highest BCUT2D eigenvalue weighted by atomic mass is 19.1. The molecular formula is C16H11FO3. The molecule has 0 bridgehead atoms. The predicted octanol–water partition coefficient (Wildman–Crippen LogP) is 2.86. The average molecular weight is 270 g/mol. The summed E-state index contributed by atoms with van der Waals surface area (Å²) in [5, 5.41) is 0. The molecule has 0 saturated carbocycles. The molecule has 0 unspecified atom stereocenters. The summed E-state index contributed by atoms with van der Waals surface area (Å²) in [4.78, 5) is 35.3. The average Bonchev–Trinajstić information content (AvgIpc) is 2.48. The minimum absolute atomic E-state index is 0.132. The third-order valence-electron chi connectivity index (χ3n) is 2.87. The van der Waals surface area contributed by atoms with Crippen molar-refractivity contribution in [2.45, 2.75) is 0 Å². The molecule has 0 saturated heterocycles. The third kappa shape index (κ3) is 2.85. The highest BCUT2D eigenvalue weighted by Crippen LogP contribution is 2.17. The number of halogens is 1. The molecule has 3 nitrogen and oxygen atoms in total. The SMILES string of the molecule is O=C(F)C(C(=O)c1ccccc1)C(=O)c1ccccc1. The number of hydrogen-bond acceptors (Lipinski definition) is 3. The maximum Gasteiger partial charge on any atom is 0.320 e. The maximum absolute atomic E-state index is 13.2. The van der Waals surface area contributed by atoms with E-state index in [1.807, 2.05) is 0 Å². The van der Waals surface area contributed by atoms with Crippen molar-refractivity contribution < 1.29 is 18.8 Å². The van der Waals surface area contributed by atoms with Gasteiger partial charge in [-0.15, -0.1) is 0 Å². The molecule has 0 aromatic heterocycles. The lowest BCUT2D eigenvalue weighted by molar-refractivity contribution is -0.130. The topological polar surface area (TPSA) is 51.2 Å². The second-order valence-corrected chi connectivity index (χ2v) is 4.20. The molecule has 2 rings (SSSR count). The Kier molecular flexibility index (Phi) is 4.15. The molecule has 0 N–H and O–H groups in total. The Morgan fingerprint density at radius 1 is 0.700 bits per heavy atom. The molecule has 0 heterocycles. The summed E-state index contributed by atoms with van der Waals surface area (Å²) in [7, 11) is 0. The van der Waals surface area contributed by atoms with Crippen molar-refractivity contribution in [3.05, 3.63) is 71.8 Å². The van der Waals surface area contributed by atoms with Gasteiger partial charge in [-0.1, -0.05) is 60.7 Å². The van der Waals surface area contributed by atoms with Gasteiger partial charge in [0.15, 0.2) is 17.5 Å². The minimum atomic E-state index is -1.94. The molecule has 0 fully saturated rings. The Hall–Kier alpha value is -2.62. The maximum atomic E-state index is 13.2. The van der Waals surface area contributed by atoms with E-state index in [1.165, 1.54) is 24.3 Å². The molecule has 4 heteroatoms. The summed E-state index contributed by atoms with van der Waals surface area (Å²) in [6.07, 6.45) is 0. The first-order valence-electron chi connectivity index (χ1n) is 5.99. The molecule has 100 valence electrons. The van der Waals surface area contributed by atoms with E-state index < -0.39 is 23.5 Å². The first-order chi connectivity index (χ1) is 9.61. The van der Waals surface area contributed by atoms with Crippen LogP contribution in [-0.2, 0) is 4.79 Å². The highest BCUT2D eigenvalue weighted by molar-refractivity contribution is 6.26. The van der Waals surface area contributed by atoms with Crippen LogP contribution in [0, 0.1) is 5.92 Å². The van der Waals surface area contributed by atoms with Gasteiger partial charge >= 0.3 is 6.04 Å². The van der Waals surface area contributed by atoms with Gasteiger partial charge < -0.3 is 0 Å². The molecule has 0 spiro atoms. The van der Waals surface area contributed by atoms with Crippen LogP contribution in [0.4, 0.5) is 4.39 Å². The zero-order valence-corrected chi connectivity index (χ0v) is 10.5. The second-order valence-electron chi connectivity index (χ2n) is 4.20. The number of rotatable bonds is 5. The smallest absolute Gasteiger partial charge is 0.293 e. The number of benzene rings is 2. The Morgan fingerprint density at radius 3 is 1.35 bits per heavy atom. The highest BCUT2D eigenvalue weighted by Gasteiger charge is 2.35. The monoisotopic (exact) mass is 270 g/mol. The molecule has 2 aromatic rings. The van der Waals surface area contributed by atoms with Crippen molar-refractivity contribution in [3.63, 3.8) is 0 Å². The summed E-state index contributed by atoms with van der Waals surface area (Å²) in [6.45, 7) is 0. The third-order valence-corrected chi connectivity index (χ3v) is 2.87. The molecule has 0 aliphatic carbocycles. The van der Waals surface area contributed by atoms with Gasteiger partial charge in [0.25, 0.3) is 0 Å². The van der Waals surface area contributed by atoms with Crippen molar-refractivity contribution in [2.75, 3.05) is 0 Å². The number of carbonyl (C=O) groups excluding carboxylic acids is 3. The zero-order chi connectivity index (χ0) is 14.5. The lowest BCUT2D eigenvalue weighted by Gasteiger charge is -2.09. The minimum Gasteiger partial charge on any atom is -0.293 e. The van der Waals surface area contributed by atoms with Gasteiger partial charge in [0.1, 0.15) is 0 Å². The molecular weight excluding hydrogens is 259 g/mol. The lowest BCUT2D eigenvalue weighted by Crippen LogP contribution is -2.30. The van der Waals surface area contributed by atoms with Crippen LogP contribution < -0.4 is 0 Å². The van der Waals surface area contributed by atoms with Crippen LogP contribution in [0.15, 0.2) is 60.7 Å². The first-order valence-corrected chi connectivity index (χ1v) is 5.99. The van der Waals surface area contributed by atoms with Crippen molar-refractivity contribution in [2.24, 2.45) is 5.92 Å². The quantitative estimate of drug-likeness (QED) is 0.477. The largest absolute Gasteiger partial charge is 0.320 e. The van der Waals surface area contributed by atoms with E-state index in [0.717, 1.165) is 0 Å². The normalized spacial score (nSPS) is 10.3. The van der Waals surface area contributed by atoms with Crippen LogP contribution >= 0.6 is 0 Å². The summed E-state index contributed by atoms with van der Waals surface area (Å²) in [6, 6.07) is 13.5. The van der Waals surface area contributed by atoms with Crippen LogP contribution in [0.1, 0.15) is 20.7 Å². The predicted molar refractivity (Wildman–Crippen MR) is 71.2 cm³/mol. The van der Waals surface area contributed by atoms with E-state index in [0.29, 0.717) is 0 Å². The zero-order valence-electron chi connectivity index (χ0n) is 10.5. The van der Waals surface area contributed by atoms with Crippen molar-refractivity contribution in [3.8, 4) is 0 Å². The Balaban J connectivity index is 2.36. The van der Waals surface area contributed by atoms with Crippen LogP contribution in [0.2, 0.25) is 0 Å². The van der Waals surface area contributed by atoms with E-state index in [9.17, 15) is 18.8 Å². The van der Waals surface area contributed by atoms with Gasteiger partial charge in [0, 0.05) is 11.1 Å². The fourth-order valence-electron chi connectivity index (χ4n) is 1.86. The standard InChI is InChI=1S/C16H11FO3/c17-16(20)13(14(18)11-7-3-1-4-8-11)15(19)12-9-5-2-6-10-12/h1-10,13H. The molecule has 2 aromatic carbocycles. The van der Waals surface area contributed by atoms with Gasteiger partial charge in [-0.25, -0.2) is 0 Å². The van der Waals surface area contributed by atoms with Gasteiger partial charge in [0.2, 0.25) is 0 Å². The van der Waals surface area contributed by atoms with E-state index in [2.05, 4.69) is 0 Å². The summed E-state index contributed by atoms with van der Waals surface area (Å²) in [5.74, 6) is -3.58. The molecule has 0 amide bonds. The summed E-state index contributed by atoms with van der Waals surface area (Å²) < 4.78 is 13.2. The number of hydrogen-bond donors (Lipinski definition) is 0. The van der Waals surface area contributed by atoms with Gasteiger partial charge in [-0.05, 0) is 0 Å². The van der Waals surface area contributed by atoms with Crippen molar-refractivity contribution in [1.82, 2.24) is 0 Å². The number of Topliss-reactive ketones (excluding diaryl/α,β-unsaturated/α-hetero) is 2. The van der Waals surface area contributed by atoms with Crippen LogP contribution in [-0.4, -0.2) is 17.6 Å². The Labute approximate surface area is 115 Å². The summed E-state index contributed by atoms with van der Waals surface area (Å²) >= 11 is 0. The van der Waals surface area contributed by atoms with Crippen LogP contribution in [0.3, 0.4) is 0 Å². The van der Waals surface area contributed by atoms with E-state index in [-0.39, 0.29) is 11.1 Å². The Morgan fingerprint density at radius 2 is 1.05 bits per heavy atom. The number of ketones is 2. The van der Waals surface area contributed by atoms with Gasteiger partial charge in [0.05, 0.1) is 0 Å². The molecule has 0 atom stereocenters. The van der Waals surface area contributed by atoms with Crippen LogP contribution in [0.25, 0.3) is 0 Å². The lowest BCUT2D eigenvalue weighted by atomic mass is 9.90. The van der Waals surface area contributed by atoms with Crippen LogP contribution in [0.5, 0.6) is 0 Å². The second kappa shape index (κ2) is 6.02. The fourth-order valence-corrected chi connectivity index (χ4v) is 1.86. The van der Waals surface area contributed by atoms with Crippen molar-refractivity contribution in [1.29, 1.82) is 0 Å². The summed E-state index contributed by atoms with van der Waals surface area (Å²) in [5.41, 5.74) is 0.264. The van der Waals surface area contributed by atoms with E-state index in [4.69, 9.17) is 0 Å². The van der Waals surface area contributed by atoms with E-state index in [1.54, 1.807) is 36.4 Å².